The fourth-order valence-electron chi connectivity index (χ4n) is 1.47. The van der Waals surface area contributed by atoms with Crippen LogP contribution in [0.2, 0.25) is 0 Å². The molecule has 0 amide bonds. The molecule has 0 atom stereocenters. The summed E-state index contributed by atoms with van der Waals surface area (Å²) < 4.78 is 24.6. The smallest absolute Gasteiger partial charge is 0.214 e. The van der Waals surface area contributed by atoms with Gasteiger partial charge in [-0.25, -0.2) is 12.7 Å². The molecule has 4 nitrogen and oxygen atoms in total. The van der Waals surface area contributed by atoms with Gasteiger partial charge in [-0.15, -0.1) is 0 Å². The summed E-state index contributed by atoms with van der Waals surface area (Å²) in [7, 11) is -2.99. The van der Waals surface area contributed by atoms with E-state index in [2.05, 4.69) is 0 Å². The Labute approximate surface area is 96.9 Å². The fourth-order valence-corrected chi connectivity index (χ4v) is 3.10. The lowest BCUT2D eigenvalue weighted by Crippen LogP contribution is -2.35. The minimum atomic E-state index is -2.99. The van der Waals surface area contributed by atoms with Crippen LogP contribution in [0.4, 0.5) is 0 Å². The highest BCUT2D eigenvalue weighted by Gasteiger charge is 2.30. The molecule has 15 heavy (non-hydrogen) atoms. The van der Waals surface area contributed by atoms with E-state index in [9.17, 15) is 8.42 Å². The topological polar surface area (TPSA) is 63.4 Å². The first-order valence-corrected chi connectivity index (χ1v) is 7.05. The third-order valence-electron chi connectivity index (χ3n) is 2.86. The second-order valence-corrected chi connectivity index (χ2v) is 7.10. The Kier molecular flexibility index (Phi) is 3.73. The van der Waals surface area contributed by atoms with E-state index in [0.29, 0.717) is 24.5 Å². The number of nitrogens with two attached hydrogens (primary N) is 1. The summed E-state index contributed by atoms with van der Waals surface area (Å²) in [6.07, 6.45) is 1.41. The summed E-state index contributed by atoms with van der Waals surface area (Å²) >= 11 is 4.94. The number of hydrogen-bond acceptors (Lipinski definition) is 3. The van der Waals surface area contributed by atoms with Gasteiger partial charge in [0.2, 0.25) is 10.0 Å². The van der Waals surface area contributed by atoms with E-state index in [0.717, 1.165) is 6.42 Å². The Balaban J connectivity index is 2.55. The zero-order valence-electron chi connectivity index (χ0n) is 9.19. The normalized spacial score (nSPS) is 21.7. The van der Waals surface area contributed by atoms with Crippen LogP contribution in [0, 0.1) is 5.41 Å². The quantitative estimate of drug-likeness (QED) is 0.747. The number of thiocarbonyl (C=S) groups is 1. The van der Waals surface area contributed by atoms with Crippen LogP contribution in [0.5, 0.6) is 0 Å². The maximum absolute atomic E-state index is 11.5. The molecule has 0 aromatic rings. The molecule has 0 saturated carbocycles. The molecule has 1 heterocycles. The Morgan fingerprint density at radius 2 is 2.13 bits per heavy atom. The van der Waals surface area contributed by atoms with Crippen molar-refractivity contribution >= 4 is 27.2 Å². The van der Waals surface area contributed by atoms with Crippen LogP contribution in [0.1, 0.15) is 26.7 Å². The molecule has 6 heteroatoms. The highest BCUT2D eigenvalue weighted by Crippen LogP contribution is 2.23. The zero-order chi connectivity index (χ0) is 11.7. The number of sulfonamides is 1. The summed E-state index contributed by atoms with van der Waals surface area (Å²) in [6, 6.07) is 0. The molecule has 0 aromatic heterocycles. The summed E-state index contributed by atoms with van der Waals surface area (Å²) in [5.74, 6) is 0.278. The van der Waals surface area contributed by atoms with E-state index in [-0.39, 0.29) is 11.2 Å². The van der Waals surface area contributed by atoms with Crippen molar-refractivity contribution in [3.05, 3.63) is 0 Å². The predicted octanol–water partition coefficient (Wildman–Crippen LogP) is 0.724. The number of nitrogens with zero attached hydrogens (tertiary/aromatic N) is 1. The molecular weight excluding hydrogens is 232 g/mol. The van der Waals surface area contributed by atoms with E-state index in [1.54, 1.807) is 0 Å². The summed E-state index contributed by atoms with van der Waals surface area (Å²) in [5, 5.41) is 0. The van der Waals surface area contributed by atoms with Crippen molar-refractivity contribution in [1.82, 2.24) is 4.31 Å². The first-order chi connectivity index (χ1) is 6.76. The number of hydrogen-bond donors (Lipinski definition) is 1. The standard InChI is InChI=1S/C9H18N2O2S2/c1-9(2,8(10)14)4-6-11-5-3-7-15(11,12)13/h3-7H2,1-2H3,(H2,10,14). The molecule has 1 aliphatic heterocycles. The van der Waals surface area contributed by atoms with Gasteiger partial charge in [0.05, 0.1) is 10.7 Å². The van der Waals surface area contributed by atoms with Crippen LogP contribution in [0.15, 0.2) is 0 Å². The Hall–Kier alpha value is -0.200. The molecular formula is C9H18N2O2S2. The van der Waals surface area contributed by atoms with Crippen LogP contribution in [-0.4, -0.2) is 36.6 Å². The van der Waals surface area contributed by atoms with Gasteiger partial charge in [0.15, 0.2) is 0 Å². The van der Waals surface area contributed by atoms with Crippen LogP contribution in [0.25, 0.3) is 0 Å². The molecule has 0 radical (unpaired) electrons. The highest BCUT2D eigenvalue weighted by molar-refractivity contribution is 7.89. The fraction of sp³-hybridized carbons (Fsp3) is 0.889. The van der Waals surface area contributed by atoms with Gasteiger partial charge < -0.3 is 5.73 Å². The molecule has 0 unspecified atom stereocenters. The third-order valence-corrected chi connectivity index (χ3v) is 5.37. The average Bonchev–Trinajstić information content (AvgIpc) is 2.41. The van der Waals surface area contributed by atoms with Gasteiger partial charge in [-0.2, -0.15) is 0 Å². The van der Waals surface area contributed by atoms with Crippen molar-refractivity contribution in [2.45, 2.75) is 26.7 Å². The van der Waals surface area contributed by atoms with Crippen LogP contribution in [0.3, 0.4) is 0 Å². The summed E-state index contributed by atoms with van der Waals surface area (Å²) in [4.78, 5) is 0.444. The van der Waals surface area contributed by atoms with E-state index in [1.165, 1.54) is 4.31 Å². The van der Waals surface area contributed by atoms with Gasteiger partial charge in [-0.1, -0.05) is 26.1 Å². The molecule has 88 valence electrons. The largest absolute Gasteiger partial charge is 0.393 e. The molecule has 1 aliphatic rings. The molecule has 0 bridgehead atoms. The molecule has 0 aliphatic carbocycles. The monoisotopic (exact) mass is 250 g/mol. The van der Waals surface area contributed by atoms with Gasteiger partial charge in [-0.3, -0.25) is 0 Å². The lowest BCUT2D eigenvalue weighted by Gasteiger charge is -2.25. The SMILES string of the molecule is CC(C)(CCN1CCCS1(=O)=O)C(N)=S. The molecule has 1 rings (SSSR count). The van der Waals surface area contributed by atoms with E-state index >= 15 is 0 Å². The first-order valence-electron chi connectivity index (χ1n) is 5.03. The Morgan fingerprint density at radius 3 is 2.53 bits per heavy atom. The van der Waals surface area contributed by atoms with Crippen molar-refractivity contribution in [3.63, 3.8) is 0 Å². The van der Waals surface area contributed by atoms with Gasteiger partial charge in [-0.05, 0) is 12.8 Å². The van der Waals surface area contributed by atoms with E-state index in [1.807, 2.05) is 13.8 Å². The molecule has 1 saturated heterocycles. The molecule has 2 N–H and O–H groups in total. The maximum Gasteiger partial charge on any atom is 0.214 e. The Bertz CT molecular complexity index is 349. The van der Waals surface area contributed by atoms with Crippen LogP contribution < -0.4 is 5.73 Å². The van der Waals surface area contributed by atoms with Crippen molar-refractivity contribution < 1.29 is 8.42 Å². The minimum absolute atomic E-state index is 0.270. The third kappa shape index (κ3) is 3.12. The van der Waals surface area contributed by atoms with Crippen molar-refractivity contribution in [1.29, 1.82) is 0 Å². The first kappa shape index (κ1) is 12.9. The van der Waals surface area contributed by atoms with Gasteiger partial charge in [0, 0.05) is 18.5 Å². The van der Waals surface area contributed by atoms with Crippen molar-refractivity contribution in [2.24, 2.45) is 11.1 Å². The van der Waals surface area contributed by atoms with Crippen molar-refractivity contribution in [2.75, 3.05) is 18.8 Å². The lowest BCUT2D eigenvalue weighted by atomic mass is 9.89. The second-order valence-electron chi connectivity index (χ2n) is 4.57. The minimum Gasteiger partial charge on any atom is -0.393 e. The van der Waals surface area contributed by atoms with Crippen LogP contribution >= 0.6 is 12.2 Å². The molecule has 1 fully saturated rings. The maximum atomic E-state index is 11.5. The van der Waals surface area contributed by atoms with Crippen LogP contribution in [-0.2, 0) is 10.0 Å². The average molecular weight is 250 g/mol. The van der Waals surface area contributed by atoms with Gasteiger partial charge in [0.1, 0.15) is 0 Å². The summed E-state index contributed by atoms with van der Waals surface area (Å²) in [6.45, 7) is 5.04. The van der Waals surface area contributed by atoms with Gasteiger partial charge in [0.25, 0.3) is 0 Å². The van der Waals surface area contributed by atoms with Gasteiger partial charge >= 0.3 is 0 Å². The van der Waals surface area contributed by atoms with Crippen molar-refractivity contribution in [3.8, 4) is 0 Å². The zero-order valence-corrected chi connectivity index (χ0v) is 10.8. The number of rotatable bonds is 4. The second kappa shape index (κ2) is 4.35. The lowest BCUT2D eigenvalue weighted by molar-refractivity contribution is 0.371. The molecule has 0 aromatic carbocycles. The van der Waals surface area contributed by atoms with E-state index < -0.39 is 10.0 Å². The predicted molar refractivity (Wildman–Crippen MR) is 65.2 cm³/mol. The highest BCUT2D eigenvalue weighted by atomic mass is 32.2. The Morgan fingerprint density at radius 1 is 1.53 bits per heavy atom. The molecule has 0 spiro atoms. The van der Waals surface area contributed by atoms with E-state index in [4.69, 9.17) is 18.0 Å². The summed E-state index contributed by atoms with van der Waals surface area (Å²) in [5.41, 5.74) is 5.32.